The van der Waals surface area contributed by atoms with E-state index < -0.39 is 10.6 Å². The van der Waals surface area contributed by atoms with Gasteiger partial charge in [0.2, 0.25) is 0 Å². The van der Waals surface area contributed by atoms with E-state index in [1.807, 2.05) is 12.3 Å². The van der Waals surface area contributed by atoms with Crippen LogP contribution in [0, 0.1) is 11.7 Å². The van der Waals surface area contributed by atoms with Crippen molar-refractivity contribution in [2.24, 2.45) is 0 Å². The van der Waals surface area contributed by atoms with E-state index in [2.05, 4.69) is 0 Å². The summed E-state index contributed by atoms with van der Waals surface area (Å²) in [5.74, 6) is 0. The Balaban J connectivity index is 3.12. The van der Waals surface area contributed by atoms with Crippen LogP contribution in [0.25, 0.3) is 0 Å². The lowest BCUT2D eigenvalue weighted by Crippen LogP contribution is -1.64. The maximum absolute atomic E-state index is 10.4. The summed E-state index contributed by atoms with van der Waals surface area (Å²) in [6.45, 7) is 1.92. The molecule has 9 heavy (non-hydrogen) atoms. The standard InChI is InChI=1S/C5H6NOS2/c1-4-2-5(8-3-4)9(6)7/h2-3,6H,1H3/q-1. The SMILES string of the molecule is Cc1csc([S-](=N)=O)c1. The van der Waals surface area contributed by atoms with Crippen LogP contribution in [0.2, 0.25) is 0 Å². The topological polar surface area (TPSA) is 40.9 Å². The highest BCUT2D eigenvalue weighted by Crippen LogP contribution is 2.14. The van der Waals surface area contributed by atoms with E-state index in [1.165, 1.54) is 11.3 Å². The van der Waals surface area contributed by atoms with Gasteiger partial charge in [0.25, 0.3) is 0 Å². The second-order valence-corrected chi connectivity index (χ2v) is 3.86. The minimum absolute atomic E-state index is 0.632. The molecule has 0 atom stereocenters. The first-order valence-electron chi connectivity index (χ1n) is 2.38. The van der Waals surface area contributed by atoms with Gasteiger partial charge in [-0.3, -0.25) is 0 Å². The molecular weight excluding hydrogens is 154 g/mol. The molecule has 0 aliphatic rings. The van der Waals surface area contributed by atoms with Crippen molar-refractivity contribution in [3.63, 3.8) is 0 Å². The second kappa shape index (κ2) is 2.49. The van der Waals surface area contributed by atoms with Gasteiger partial charge in [-0.15, -0.1) is 0 Å². The lowest BCUT2D eigenvalue weighted by molar-refractivity contribution is 0.600. The summed E-state index contributed by atoms with van der Waals surface area (Å²) in [6, 6.07) is 1.77. The quantitative estimate of drug-likeness (QED) is 0.628. The first-order chi connectivity index (χ1) is 4.20. The number of thiophene rings is 1. The van der Waals surface area contributed by atoms with Gasteiger partial charge in [-0.1, -0.05) is 6.07 Å². The molecule has 0 aromatic carbocycles. The molecule has 1 rings (SSSR count). The van der Waals surface area contributed by atoms with E-state index in [-0.39, 0.29) is 0 Å². The summed E-state index contributed by atoms with van der Waals surface area (Å²) in [5, 5.41) is 1.89. The third-order valence-electron chi connectivity index (χ3n) is 0.889. The molecule has 4 heteroatoms. The van der Waals surface area contributed by atoms with Gasteiger partial charge in [-0.25, -0.2) is 0 Å². The van der Waals surface area contributed by atoms with E-state index in [1.54, 1.807) is 6.07 Å². The zero-order chi connectivity index (χ0) is 6.85. The maximum Gasteiger partial charge on any atom is -0.00799 e. The molecule has 0 fully saturated rings. The van der Waals surface area contributed by atoms with Crippen LogP contribution in [0.15, 0.2) is 15.7 Å². The third-order valence-corrected chi connectivity index (χ3v) is 2.96. The number of nitrogens with one attached hydrogen (secondary N) is 1. The van der Waals surface area contributed by atoms with Crippen LogP contribution in [0.4, 0.5) is 0 Å². The lowest BCUT2D eigenvalue weighted by Gasteiger charge is -1.89. The molecule has 1 heterocycles. The van der Waals surface area contributed by atoms with Crippen LogP contribution in [-0.2, 0) is 14.8 Å². The van der Waals surface area contributed by atoms with Crippen LogP contribution < -0.4 is 0 Å². The van der Waals surface area contributed by atoms with Gasteiger partial charge >= 0.3 is 0 Å². The molecule has 0 saturated heterocycles. The molecule has 0 saturated carbocycles. The molecule has 50 valence electrons. The first-order valence-corrected chi connectivity index (χ1v) is 4.41. The third kappa shape index (κ3) is 1.53. The summed E-state index contributed by atoms with van der Waals surface area (Å²) < 4.78 is 17.9. The summed E-state index contributed by atoms with van der Waals surface area (Å²) >= 11 is 1.37. The molecule has 1 aromatic heterocycles. The van der Waals surface area contributed by atoms with E-state index >= 15 is 0 Å². The number of aryl methyl sites for hydroxylation is 1. The molecule has 0 bridgehead atoms. The smallest absolute Gasteiger partial charge is 0.00799 e. The Morgan fingerprint density at radius 3 is 2.67 bits per heavy atom. The minimum Gasteiger partial charge on any atom is -0.440 e. The van der Waals surface area contributed by atoms with Crippen molar-refractivity contribution in [1.29, 1.82) is 4.78 Å². The van der Waals surface area contributed by atoms with Crippen molar-refractivity contribution >= 4 is 21.9 Å². The fourth-order valence-corrected chi connectivity index (χ4v) is 1.91. The molecule has 0 spiro atoms. The second-order valence-electron chi connectivity index (χ2n) is 1.71. The predicted octanol–water partition coefficient (Wildman–Crippen LogP) is 2.14. The molecule has 2 nitrogen and oxygen atoms in total. The van der Waals surface area contributed by atoms with Crippen molar-refractivity contribution in [3.8, 4) is 0 Å². The summed E-state index contributed by atoms with van der Waals surface area (Å²) in [7, 11) is -1.54. The number of hydrogen-bond acceptors (Lipinski definition) is 4. The summed E-state index contributed by atoms with van der Waals surface area (Å²) in [4.78, 5) is 0. The van der Waals surface area contributed by atoms with Gasteiger partial charge in [-0.05, 0) is 22.1 Å². The van der Waals surface area contributed by atoms with Gasteiger partial charge in [0.1, 0.15) is 0 Å². The largest absolute Gasteiger partial charge is 0.440 e. The lowest BCUT2D eigenvalue weighted by atomic mass is 10.4. The Hall–Kier alpha value is -0.350. The van der Waals surface area contributed by atoms with Crippen molar-refractivity contribution < 1.29 is 4.21 Å². The van der Waals surface area contributed by atoms with Crippen molar-refractivity contribution in [3.05, 3.63) is 17.0 Å². The van der Waals surface area contributed by atoms with E-state index in [0.29, 0.717) is 4.21 Å². The van der Waals surface area contributed by atoms with E-state index in [4.69, 9.17) is 4.78 Å². The van der Waals surface area contributed by atoms with Gasteiger partial charge in [-0.2, -0.15) is 21.9 Å². The first kappa shape index (κ1) is 6.77. The molecule has 0 aliphatic heterocycles. The Labute approximate surface area is 59.5 Å². The molecule has 0 unspecified atom stereocenters. The van der Waals surface area contributed by atoms with E-state index in [9.17, 15) is 4.21 Å². The van der Waals surface area contributed by atoms with Crippen LogP contribution in [-0.4, -0.2) is 0 Å². The van der Waals surface area contributed by atoms with Gasteiger partial charge in [0.15, 0.2) is 0 Å². The summed E-state index contributed by atoms with van der Waals surface area (Å²) in [6.07, 6.45) is 0. The molecule has 0 amide bonds. The Kier molecular flexibility index (Phi) is 1.87. The monoisotopic (exact) mass is 160 g/mol. The molecule has 0 radical (unpaired) electrons. The average Bonchev–Trinajstić information content (AvgIpc) is 2.14. The van der Waals surface area contributed by atoms with Gasteiger partial charge < -0.3 is 8.99 Å². The number of rotatable bonds is 1. The molecular formula is C5H6NOS2-. The van der Waals surface area contributed by atoms with Gasteiger partial charge in [0.05, 0.1) is 0 Å². The zero-order valence-electron chi connectivity index (χ0n) is 4.88. The average molecular weight is 160 g/mol. The highest BCUT2D eigenvalue weighted by atomic mass is 32.2. The van der Waals surface area contributed by atoms with Crippen molar-refractivity contribution in [1.82, 2.24) is 0 Å². The minimum atomic E-state index is -1.54. The van der Waals surface area contributed by atoms with Crippen LogP contribution in [0.1, 0.15) is 5.56 Å². The highest BCUT2D eigenvalue weighted by Gasteiger charge is 1.85. The van der Waals surface area contributed by atoms with Gasteiger partial charge in [0, 0.05) is 0 Å². The zero-order valence-corrected chi connectivity index (χ0v) is 6.51. The molecule has 1 aromatic rings. The van der Waals surface area contributed by atoms with Crippen LogP contribution in [0.3, 0.4) is 0 Å². The van der Waals surface area contributed by atoms with Crippen molar-refractivity contribution in [2.75, 3.05) is 0 Å². The van der Waals surface area contributed by atoms with Crippen LogP contribution in [0.5, 0.6) is 0 Å². The molecule has 1 N–H and O–H groups in total. The fourth-order valence-electron chi connectivity index (χ4n) is 0.502. The predicted molar refractivity (Wildman–Crippen MR) is 38.1 cm³/mol. The Morgan fingerprint density at radius 1 is 1.78 bits per heavy atom. The van der Waals surface area contributed by atoms with Crippen LogP contribution >= 0.6 is 11.3 Å². The highest BCUT2D eigenvalue weighted by molar-refractivity contribution is 7.76. The normalized spacial score (nSPS) is 10.4. The summed E-state index contributed by atoms with van der Waals surface area (Å²) in [5.41, 5.74) is 1.08. The van der Waals surface area contributed by atoms with E-state index in [0.717, 1.165) is 5.56 Å². The Bertz CT molecular complexity index is 266. The maximum atomic E-state index is 10.4. The number of hydrogen-bond donors (Lipinski definition) is 1. The molecule has 0 aliphatic carbocycles. The Morgan fingerprint density at radius 2 is 2.44 bits per heavy atom. The fraction of sp³-hybridized carbons (Fsp3) is 0.200. The van der Waals surface area contributed by atoms with Crippen molar-refractivity contribution in [2.45, 2.75) is 11.1 Å².